The molecule has 0 radical (unpaired) electrons. The minimum absolute atomic E-state index is 0.0437. The number of carbonyl (C=O) groups excluding carboxylic acids is 6. The highest BCUT2D eigenvalue weighted by molar-refractivity contribution is 6.37. The molecule has 2 rings (SSSR count). The molecule has 250 valence electrons. The fourth-order valence-electron chi connectivity index (χ4n) is 5.52. The van der Waals surface area contributed by atoms with Crippen LogP contribution in [0.1, 0.15) is 88.0 Å². The largest absolute Gasteiger partial charge is 0.447 e. The lowest BCUT2D eigenvalue weighted by atomic mass is 9.80. The monoisotopic (exact) mass is 622 g/mol. The number of alkyl carbamates (subject to hydrolysis) is 1. The van der Waals surface area contributed by atoms with Gasteiger partial charge >= 0.3 is 12.1 Å². The van der Waals surface area contributed by atoms with Gasteiger partial charge in [-0.1, -0.05) is 74.7 Å². The van der Waals surface area contributed by atoms with Gasteiger partial charge < -0.3 is 36.6 Å². The Balaban J connectivity index is 2.25. The summed E-state index contributed by atoms with van der Waals surface area (Å²) in [4.78, 5) is 78.9. The summed E-state index contributed by atoms with van der Waals surface area (Å²) in [5.74, 6) is -3.00. The van der Waals surface area contributed by atoms with Gasteiger partial charge in [0.1, 0.15) is 18.7 Å². The van der Waals surface area contributed by atoms with E-state index in [4.69, 9.17) is 10.5 Å². The number of urea groups is 1. The molecule has 1 heterocycles. The van der Waals surface area contributed by atoms with Crippen LogP contribution in [0.4, 0.5) is 9.59 Å². The minimum atomic E-state index is -1.11. The third-order valence-electron chi connectivity index (χ3n) is 8.88. The van der Waals surface area contributed by atoms with Crippen molar-refractivity contribution in [2.45, 2.75) is 112 Å². The van der Waals surface area contributed by atoms with Crippen molar-refractivity contribution in [2.75, 3.05) is 19.7 Å². The van der Waals surface area contributed by atoms with Crippen LogP contribution in [0.15, 0.2) is 0 Å². The van der Waals surface area contributed by atoms with Crippen LogP contribution >= 0.6 is 0 Å². The number of Topliss-reactive ketones (excluding diaryl/α,β-unsaturated/α-hetero) is 1. The quantitative estimate of drug-likeness (QED) is 0.206. The van der Waals surface area contributed by atoms with Gasteiger partial charge in [0.05, 0.1) is 12.1 Å². The van der Waals surface area contributed by atoms with E-state index in [1.165, 1.54) is 4.90 Å². The fraction of sp³-hybridized carbons (Fsp3) is 0.806. The Kier molecular flexibility index (Phi) is 12.6. The van der Waals surface area contributed by atoms with E-state index in [1.807, 2.05) is 55.4 Å². The molecule has 0 bridgehead atoms. The van der Waals surface area contributed by atoms with Crippen molar-refractivity contribution >= 4 is 35.6 Å². The van der Waals surface area contributed by atoms with E-state index in [1.54, 1.807) is 6.92 Å². The maximum absolute atomic E-state index is 14.1. The first-order chi connectivity index (χ1) is 20.3. The number of primary amides is 1. The fourth-order valence-corrected chi connectivity index (χ4v) is 5.52. The van der Waals surface area contributed by atoms with Gasteiger partial charge in [-0.3, -0.25) is 19.2 Å². The Morgan fingerprint density at radius 3 is 2.02 bits per heavy atom. The van der Waals surface area contributed by atoms with E-state index >= 15 is 0 Å². The molecule has 13 heteroatoms. The normalized spacial score (nSPS) is 22.6. The minimum Gasteiger partial charge on any atom is -0.447 e. The molecular weight excluding hydrogens is 568 g/mol. The maximum Gasteiger partial charge on any atom is 0.407 e. The molecule has 13 nitrogen and oxygen atoms in total. The summed E-state index contributed by atoms with van der Waals surface area (Å²) in [6.45, 7) is 17.3. The second-order valence-electron chi connectivity index (χ2n) is 14.6. The van der Waals surface area contributed by atoms with Crippen LogP contribution in [0.3, 0.4) is 0 Å². The summed E-state index contributed by atoms with van der Waals surface area (Å²) in [7, 11) is 0. The lowest BCUT2D eigenvalue weighted by Crippen LogP contribution is -2.62. The summed E-state index contributed by atoms with van der Waals surface area (Å²) in [6, 6.07) is -4.17. The van der Waals surface area contributed by atoms with Crippen molar-refractivity contribution in [2.24, 2.45) is 34.3 Å². The Labute approximate surface area is 261 Å². The molecule has 0 aromatic rings. The second-order valence-corrected chi connectivity index (χ2v) is 14.6. The first kappa shape index (κ1) is 36.8. The number of nitrogens with one attached hydrogen (secondary N) is 4. The van der Waals surface area contributed by atoms with Crippen LogP contribution in [0.2, 0.25) is 0 Å². The van der Waals surface area contributed by atoms with Crippen LogP contribution < -0.4 is 27.0 Å². The zero-order valence-electron chi connectivity index (χ0n) is 27.9. The number of ether oxygens (including phenoxy) is 1. The van der Waals surface area contributed by atoms with Gasteiger partial charge in [0.15, 0.2) is 0 Å². The van der Waals surface area contributed by atoms with Gasteiger partial charge in [-0.05, 0) is 41.9 Å². The molecule has 0 aromatic heterocycles. The van der Waals surface area contributed by atoms with Crippen LogP contribution in [0, 0.1) is 28.6 Å². The number of hydrogen-bond acceptors (Lipinski definition) is 7. The lowest BCUT2D eigenvalue weighted by molar-refractivity contribution is -0.144. The molecule has 1 aliphatic heterocycles. The number of carbonyl (C=O) groups is 6. The topological polar surface area (TPSA) is 189 Å². The summed E-state index contributed by atoms with van der Waals surface area (Å²) < 4.78 is 5.27. The zero-order valence-corrected chi connectivity index (χ0v) is 27.9. The highest BCUT2D eigenvalue weighted by Gasteiger charge is 2.48. The molecule has 1 saturated heterocycles. The van der Waals surface area contributed by atoms with Gasteiger partial charge in [-0.15, -0.1) is 0 Å². The Hall–Kier alpha value is -3.38. The van der Waals surface area contributed by atoms with Gasteiger partial charge in [-0.25, -0.2) is 9.59 Å². The maximum atomic E-state index is 14.1. The van der Waals surface area contributed by atoms with Crippen molar-refractivity contribution in [1.82, 2.24) is 26.2 Å². The average Bonchev–Trinajstić information content (AvgIpc) is 3.18. The number of hydrogen-bond donors (Lipinski definition) is 5. The second kappa shape index (κ2) is 15.1. The molecule has 6 N–H and O–H groups in total. The van der Waals surface area contributed by atoms with Gasteiger partial charge in [0.25, 0.3) is 5.91 Å². The van der Waals surface area contributed by atoms with Crippen LogP contribution in [0.25, 0.3) is 0 Å². The number of nitrogens with zero attached hydrogens (tertiary/aromatic N) is 1. The molecular formula is C31H54N6O7. The SMILES string of the molecule is CCNC(=O)OC[C@@H](NC(=O)NC(C(=O)N1C[C@H](C)[C@H](C)C1C(=O)NC(CC1CCC1)C(=O)C(N)=O)C(C)(C)C)C(C)(C)C. The molecule has 2 aliphatic rings. The van der Waals surface area contributed by atoms with Gasteiger partial charge in [0, 0.05) is 13.1 Å². The number of ketones is 1. The molecule has 2 fully saturated rings. The van der Waals surface area contributed by atoms with Gasteiger partial charge in [0.2, 0.25) is 17.6 Å². The van der Waals surface area contributed by atoms with E-state index in [0.717, 1.165) is 19.3 Å². The Bertz CT molecular complexity index is 1080. The van der Waals surface area contributed by atoms with E-state index in [0.29, 0.717) is 13.0 Å². The summed E-state index contributed by atoms with van der Waals surface area (Å²) >= 11 is 0. The highest BCUT2D eigenvalue weighted by atomic mass is 16.5. The Morgan fingerprint density at radius 1 is 0.932 bits per heavy atom. The van der Waals surface area contributed by atoms with Crippen molar-refractivity contribution in [3.63, 3.8) is 0 Å². The van der Waals surface area contributed by atoms with Crippen molar-refractivity contribution < 1.29 is 33.5 Å². The smallest absolute Gasteiger partial charge is 0.407 e. The summed E-state index contributed by atoms with van der Waals surface area (Å²) in [5.41, 5.74) is 4.07. The number of likely N-dealkylation sites (tertiary alicyclic amines) is 1. The molecule has 1 aliphatic carbocycles. The van der Waals surface area contributed by atoms with Crippen molar-refractivity contribution in [3.05, 3.63) is 0 Å². The Morgan fingerprint density at radius 2 is 1.55 bits per heavy atom. The average molecular weight is 623 g/mol. The van der Waals surface area contributed by atoms with Crippen molar-refractivity contribution in [1.29, 1.82) is 0 Å². The number of amides is 6. The number of nitrogens with two attached hydrogens (primary N) is 1. The van der Waals surface area contributed by atoms with E-state index in [9.17, 15) is 28.8 Å². The predicted molar refractivity (Wildman–Crippen MR) is 165 cm³/mol. The summed E-state index contributed by atoms with van der Waals surface area (Å²) in [5, 5.41) is 10.9. The third-order valence-corrected chi connectivity index (χ3v) is 8.88. The zero-order chi connectivity index (χ0) is 33.6. The third kappa shape index (κ3) is 9.82. The molecule has 0 spiro atoms. The summed E-state index contributed by atoms with van der Waals surface area (Å²) in [6.07, 6.45) is 2.58. The van der Waals surface area contributed by atoms with E-state index in [-0.39, 0.29) is 30.9 Å². The standard InChI is InChI=1S/C31H54N6O7/c1-10-33-29(43)44-16-21(30(4,5)6)35-28(42)36-24(31(7,8)9)27(41)37-15-17(2)18(3)22(37)26(40)34-20(23(38)25(32)39)14-19-12-11-13-19/h17-22,24H,10-16H2,1-9H3,(H2,32,39)(H,33,43)(H,34,40)(H2,35,36,42)/t17-,18-,20?,21+,22?,24?/m0/s1. The predicted octanol–water partition coefficient (Wildman–Crippen LogP) is 2.07. The molecule has 6 atom stereocenters. The molecule has 44 heavy (non-hydrogen) atoms. The molecule has 1 saturated carbocycles. The molecule has 6 amide bonds. The molecule has 3 unspecified atom stereocenters. The van der Waals surface area contributed by atoms with Crippen molar-refractivity contribution in [3.8, 4) is 0 Å². The first-order valence-corrected chi connectivity index (χ1v) is 15.7. The van der Waals surface area contributed by atoms with E-state index in [2.05, 4.69) is 21.3 Å². The number of rotatable bonds is 12. The lowest BCUT2D eigenvalue weighted by Gasteiger charge is -2.37. The highest BCUT2D eigenvalue weighted by Crippen LogP contribution is 2.34. The van der Waals surface area contributed by atoms with Crippen LogP contribution in [0.5, 0.6) is 0 Å². The van der Waals surface area contributed by atoms with E-state index < -0.39 is 70.6 Å². The van der Waals surface area contributed by atoms with Crippen LogP contribution in [-0.2, 0) is 23.9 Å². The molecule has 0 aromatic carbocycles. The van der Waals surface area contributed by atoms with Gasteiger partial charge in [-0.2, -0.15) is 0 Å². The first-order valence-electron chi connectivity index (χ1n) is 15.7. The van der Waals surface area contributed by atoms with Crippen LogP contribution in [-0.4, -0.2) is 84.4 Å².